The fraction of sp³-hybridized carbons (Fsp3) is 0. The van der Waals surface area contributed by atoms with Gasteiger partial charge in [0.1, 0.15) is 0 Å². The number of para-hydroxylation sites is 3. The van der Waals surface area contributed by atoms with E-state index in [1.165, 1.54) is 0 Å². The van der Waals surface area contributed by atoms with Crippen LogP contribution in [0.5, 0.6) is 0 Å². The van der Waals surface area contributed by atoms with E-state index >= 15 is 0 Å². The van der Waals surface area contributed by atoms with Crippen molar-refractivity contribution < 1.29 is 19.2 Å². The summed E-state index contributed by atoms with van der Waals surface area (Å²) in [5.41, 5.74) is 24.2. The van der Waals surface area contributed by atoms with Gasteiger partial charge in [-0.25, -0.2) is 0 Å². The van der Waals surface area contributed by atoms with Crippen LogP contribution in [0.15, 0.2) is 503 Å². The van der Waals surface area contributed by atoms with E-state index in [0.29, 0.717) is 39.6 Å². The van der Waals surface area contributed by atoms with E-state index in [1.54, 1.807) is 9.13 Å². The summed E-state index contributed by atoms with van der Waals surface area (Å²) in [6.45, 7) is -0.837. The molecule has 0 saturated heterocycles. The molecule has 0 fully saturated rings. The molecular weight excluding hydrogens is 1600 g/mol. The van der Waals surface area contributed by atoms with Gasteiger partial charge in [0.05, 0.1) is 52.6 Å². The molecule has 4 nitrogen and oxygen atoms in total. The lowest BCUT2D eigenvalue weighted by molar-refractivity contribution is 1.17. The van der Waals surface area contributed by atoms with Gasteiger partial charge in [0, 0.05) is 77.9 Å². The second kappa shape index (κ2) is 31.8. The number of fused-ring (bicyclic) bond motifs is 13. The molecule has 0 saturated carbocycles. The number of aromatic nitrogens is 2. The largest absolute Gasteiger partial charge is 0.310 e. The Morgan fingerprint density at radius 2 is 0.526 bits per heavy atom. The first-order chi connectivity index (χ1) is 71.8. The highest BCUT2D eigenvalue weighted by Crippen LogP contribution is 2.56. The Hall–Kier alpha value is -17.4. The van der Waals surface area contributed by atoms with Crippen LogP contribution in [-0.2, 0) is 0 Å². The van der Waals surface area contributed by atoms with Crippen molar-refractivity contribution in [3.8, 4) is 134 Å². The van der Waals surface area contributed by atoms with Gasteiger partial charge in [0.2, 0.25) is 0 Å². The lowest BCUT2D eigenvalue weighted by atomic mass is 9.33. The molecule has 5 heteroatoms. The first-order valence-electron chi connectivity index (χ1n) is 51.9. The molecule has 26 rings (SSSR count). The Morgan fingerprint density at radius 3 is 0.985 bits per heavy atom. The molecule has 2 aromatic heterocycles. The second-order valence-electron chi connectivity index (χ2n) is 34.2. The summed E-state index contributed by atoms with van der Waals surface area (Å²) in [5.74, 6) is 0. The smallest absolute Gasteiger partial charge is 0.252 e. The van der Waals surface area contributed by atoms with Crippen LogP contribution in [-0.4, -0.2) is 15.8 Å². The summed E-state index contributed by atoms with van der Waals surface area (Å²) in [6, 6.07) is 137. The molecule has 0 aliphatic carbocycles. The van der Waals surface area contributed by atoms with Crippen molar-refractivity contribution in [2.24, 2.45) is 0 Å². The predicted octanol–water partition coefficient (Wildman–Crippen LogP) is 32.6. The van der Waals surface area contributed by atoms with Crippen molar-refractivity contribution >= 4 is 122 Å². The van der Waals surface area contributed by atoms with Crippen molar-refractivity contribution in [3.05, 3.63) is 503 Å². The Kier molecular flexibility index (Phi) is 15.2. The third-order valence-corrected chi connectivity index (χ3v) is 26.7. The Labute approximate surface area is 792 Å². The third kappa shape index (κ3) is 13.1. The standard InChI is InChI=1S/C128H83BN4/c1-8-32-84(33-9-1)93-47-28-50-96(72-93)99-64-68-111-109-54-24-26-58-118(109)130(120(111)78-99)104-66-70-116-122(82-104)132(127-107(88-40-16-5-17-41-88)56-31-57-108(127)101-63-62-92-61-60-91-46-22-23-53-106(91)113(92)75-101)124-80-103(98-52-30-49-95(74-98)86-36-12-3-13-37-86)81-125-126(124)129(116)117-71-67-105(131-119-59-27-25-55-110(119)112-69-65-100(79-121(112)131)97-51-29-48-94(73-97)85-34-10-2-11-35-85)83-123(117)133(125)128-114(89-42-18-6-19-43-89)76-102(87-38-14-4-15-39-87)77-115(128)90-44-20-7-21-45-90/h1-83H/i24D,25D,26D,27D,54D,55D,58D,59D,64D,65D,68D,69D,78D,79D. The topological polar surface area (TPSA) is 16.3 Å². The Morgan fingerprint density at radius 1 is 0.188 bits per heavy atom. The maximum absolute atomic E-state index is 11.0. The molecule has 0 atom stereocenters. The van der Waals surface area contributed by atoms with Gasteiger partial charge in [-0.3, -0.25) is 0 Å². The van der Waals surface area contributed by atoms with Crippen molar-refractivity contribution in [1.82, 2.24) is 9.13 Å². The number of anilines is 6. The summed E-state index contributed by atoms with van der Waals surface area (Å²) in [7, 11) is 0. The van der Waals surface area contributed by atoms with Crippen LogP contribution in [0.4, 0.5) is 34.1 Å². The predicted molar refractivity (Wildman–Crippen MR) is 564 cm³/mol. The van der Waals surface area contributed by atoms with E-state index in [0.717, 1.165) is 155 Å². The van der Waals surface area contributed by atoms with E-state index < -0.39 is 55.1 Å². The fourth-order valence-electron chi connectivity index (χ4n) is 20.6. The van der Waals surface area contributed by atoms with Gasteiger partial charge < -0.3 is 18.9 Å². The zero-order valence-electron chi connectivity index (χ0n) is 85.7. The van der Waals surface area contributed by atoms with Crippen LogP contribution < -0.4 is 26.2 Å². The molecular formula is C128H83BN4. The van der Waals surface area contributed by atoms with Crippen molar-refractivity contribution in [3.63, 3.8) is 0 Å². The monoisotopic (exact) mass is 1700 g/mol. The second-order valence-corrected chi connectivity index (χ2v) is 34.2. The van der Waals surface area contributed by atoms with E-state index in [9.17, 15) is 19.2 Å². The summed E-state index contributed by atoms with van der Waals surface area (Å²) in [5, 5.41) is 4.16. The van der Waals surface area contributed by atoms with Crippen LogP contribution >= 0.6 is 0 Å². The zero-order valence-corrected chi connectivity index (χ0v) is 71.7. The summed E-state index contributed by atoms with van der Waals surface area (Å²) < 4.78 is 146. The minimum absolute atomic E-state index is 0.00403. The molecule has 2 aliphatic rings. The normalized spacial score (nSPS) is 13.6. The summed E-state index contributed by atoms with van der Waals surface area (Å²) in [6.07, 6.45) is 0. The van der Waals surface area contributed by atoms with E-state index in [4.69, 9.17) is 0 Å². The van der Waals surface area contributed by atoms with E-state index in [1.807, 2.05) is 164 Å². The third-order valence-electron chi connectivity index (χ3n) is 26.7. The van der Waals surface area contributed by atoms with Gasteiger partial charge in [-0.2, -0.15) is 0 Å². The lowest BCUT2D eigenvalue weighted by Gasteiger charge is -2.46. The van der Waals surface area contributed by atoms with E-state index in [2.05, 4.69) is 265 Å². The minimum Gasteiger partial charge on any atom is -0.310 e. The van der Waals surface area contributed by atoms with Crippen LogP contribution in [0.1, 0.15) is 19.2 Å². The molecule has 4 heterocycles. The molecule has 0 amide bonds. The number of nitrogens with zero attached hydrogens (tertiary/aromatic N) is 4. The fourth-order valence-corrected chi connectivity index (χ4v) is 20.6. The molecule has 0 bridgehead atoms. The molecule has 0 unspecified atom stereocenters. The molecule has 0 N–H and O–H groups in total. The average Bonchev–Trinajstić information content (AvgIpc) is 1.15. The van der Waals surface area contributed by atoms with Crippen LogP contribution in [0, 0.1) is 0 Å². The molecule has 0 spiro atoms. The van der Waals surface area contributed by atoms with Gasteiger partial charge in [-0.15, -0.1) is 0 Å². The number of hydrogen-bond donors (Lipinski definition) is 0. The van der Waals surface area contributed by atoms with Gasteiger partial charge in [0.25, 0.3) is 6.71 Å². The van der Waals surface area contributed by atoms with Gasteiger partial charge in [-0.05, 0) is 235 Å². The number of hydrogen-bond acceptors (Lipinski definition) is 2. The maximum atomic E-state index is 11.0. The zero-order chi connectivity index (χ0) is 99.7. The molecule has 22 aromatic carbocycles. The first-order valence-corrected chi connectivity index (χ1v) is 44.9. The van der Waals surface area contributed by atoms with Crippen LogP contribution in [0.25, 0.3) is 199 Å². The lowest BCUT2D eigenvalue weighted by Crippen LogP contribution is -2.61. The average molecular weight is 1700 g/mol. The van der Waals surface area contributed by atoms with Crippen molar-refractivity contribution in [1.29, 1.82) is 0 Å². The van der Waals surface area contributed by atoms with Gasteiger partial charge in [-0.1, -0.05) is 406 Å². The highest BCUT2D eigenvalue weighted by molar-refractivity contribution is 7.00. The highest BCUT2D eigenvalue weighted by Gasteiger charge is 2.46. The molecule has 0 radical (unpaired) electrons. The maximum Gasteiger partial charge on any atom is 0.252 e. The highest BCUT2D eigenvalue weighted by atomic mass is 15.2. The molecule has 24 aromatic rings. The van der Waals surface area contributed by atoms with Crippen LogP contribution in [0.2, 0.25) is 0 Å². The van der Waals surface area contributed by atoms with Gasteiger partial charge in [0.15, 0.2) is 0 Å². The van der Waals surface area contributed by atoms with Gasteiger partial charge >= 0.3 is 0 Å². The quantitative estimate of drug-likeness (QED) is 0.0751. The SMILES string of the molecule is [2H]c1c([2H])c([2H])c2c(c1[2H])c1c([2H])c([2H])c(-c3cccc(-c4ccccc4)c3)c([2H])c1n2-c1ccc2c(c1)N(c1c(-c3ccccc3)cccc1-c1ccc3ccc4ccccc4c3c1)c1cc(-c3cccc(-c4ccccc4)c3)cc3c1B2c1ccc(-n2c4c([2H])c([2H])c([2H])c([2H])c4c4c([2H])c([2H])c(-c5cccc(-c6ccccc6)c5)c([2H])c42)cc1N3c1c(-c2ccccc2)cc(-c2ccccc2)cc1-c1ccccc1. The Bertz CT molecular complexity index is 9610. The molecule has 2 aliphatic heterocycles. The first kappa shape index (κ1) is 63.5. The molecule has 133 heavy (non-hydrogen) atoms. The summed E-state index contributed by atoms with van der Waals surface area (Å²) >= 11 is 0. The van der Waals surface area contributed by atoms with E-state index in [-0.39, 0.29) is 91.0 Å². The van der Waals surface area contributed by atoms with Crippen LogP contribution in [0.3, 0.4) is 0 Å². The van der Waals surface area contributed by atoms with Crippen molar-refractivity contribution in [2.45, 2.75) is 0 Å². The van der Waals surface area contributed by atoms with Crippen molar-refractivity contribution in [2.75, 3.05) is 9.80 Å². The molecule has 618 valence electrons. The number of benzene rings is 22. The minimum atomic E-state index is -0.837. The Balaban J connectivity index is 0.853. The number of rotatable bonds is 15. The summed E-state index contributed by atoms with van der Waals surface area (Å²) in [4.78, 5) is 4.79.